The third-order valence-corrected chi connectivity index (χ3v) is 12.2. The van der Waals surface area contributed by atoms with Crippen molar-refractivity contribution in [3.8, 4) is 11.1 Å². The zero-order chi connectivity index (χ0) is 28.7. The highest BCUT2D eigenvalue weighted by atomic mass is 35.5. The molecule has 0 amide bonds. The molecule has 3 N–H and O–H groups in total. The van der Waals surface area contributed by atoms with E-state index in [0.717, 1.165) is 114 Å². The fourth-order valence-electron chi connectivity index (χ4n) is 7.40. The van der Waals surface area contributed by atoms with Crippen molar-refractivity contribution >= 4 is 67.7 Å². The molecule has 10 nitrogen and oxygen atoms in total. The molecular formula is C29H36ClN9OS2. The Kier molecular flexibility index (Phi) is 6.73. The first kappa shape index (κ1) is 27.2. The second kappa shape index (κ2) is 10.4. The van der Waals surface area contributed by atoms with Crippen LogP contribution in [0.3, 0.4) is 0 Å². The van der Waals surface area contributed by atoms with Crippen LogP contribution in [0.2, 0.25) is 5.02 Å². The van der Waals surface area contributed by atoms with Crippen LogP contribution in [0.1, 0.15) is 25.8 Å². The number of likely N-dealkylation sites (N-methyl/N-ethyl adjacent to an activating group) is 1. The lowest BCUT2D eigenvalue weighted by molar-refractivity contribution is 0.126. The highest BCUT2D eigenvalue weighted by molar-refractivity contribution is 7.99. The Morgan fingerprint density at radius 2 is 1.86 bits per heavy atom. The number of hydrogen-bond donors (Lipinski definition) is 2. The number of benzene rings is 1. The van der Waals surface area contributed by atoms with E-state index in [2.05, 4.69) is 38.4 Å². The van der Waals surface area contributed by atoms with E-state index in [0.29, 0.717) is 23.1 Å². The Hall–Kier alpha value is -2.35. The first-order valence-electron chi connectivity index (χ1n) is 15.0. The van der Waals surface area contributed by atoms with Crippen molar-refractivity contribution in [2.24, 2.45) is 7.05 Å². The van der Waals surface area contributed by atoms with Crippen molar-refractivity contribution in [1.29, 1.82) is 0 Å². The van der Waals surface area contributed by atoms with Gasteiger partial charge in [0.2, 0.25) is 5.95 Å². The molecular weight excluding hydrogens is 590 g/mol. The van der Waals surface area contributed by atoms with Gasteiger partial charge in [0.05, 0.1) is 16.6 Å². The van der Waals surface area contributed by atoms with Crippen LogP contribution >= 0.6 is 34.7 Å². The number of nitrogen functional groups attached to an aromatic ring is 1. The standard InChI is InChI=1S/C29H36ClN9OS2/c1-3-36-6-8-37(9-7-36)13-18-14-41-25-22(20-15-42-27-23(20)33-28(31)35(27)2)21(30)10-19-24(25)39(18)29(40)34-26(19)38-11-16-4-5-17(12-38)32-16/h10,15-18,32H,3-9,11-14H2,1-2H3,(H2,31,33)/t16?,17?,18-/m0/s1. The minimum absolute atomic E-state index is 0.0356. The molecule has 0 radical (unpaired) electrons. The first-order chi connectivity index (χ1) is 20.4. The summed E-state index contributed by atoms with van der Waals surface area (Å²) in [5.41, 5.74) is 9.78. The molecule has 4 aromatic rings. The minimum Gasteiger partial charge on any atom is -0.369 e. The molecule has 2 unspecified atom stereocenters. The fraction of sp³-hybridized carbons (Fsp3) is 0.552. The predicted octanol–water partition coefficient (Wildman–Crippen LogP) is 3.47. The average Bonchev–Trinajstić information content (AvgIpc) is 3.64. The Morgan fingerprint density at radius 3 is 2.60 bits per heavy atom. The second-order valence-electron chi connectivity index (χ2n) is 12.1. The number of anilines is 2. The van der Waals surface area contributed by atoms with Gasteiger partial charge in [-0.2, -0.15) is 4.98 Å². The van der Waals surface area contributed by atoms with E-state index >= 15 is 0 Å². The number of rotatable bonds is 5. The van der Waals surface area contributed by atoms with Crippen molar-refractivity contribution < 1.29 is 0 Å². The van der Waals surface area contributed by atoms with E-state index in [1.807, 2.05) is 27.9 Å². The van der Waals surface area contributed by atoms with Gasteiger partial charge in [-0.05, 0) is 25.5 Å². The number of nitrogens with one attached hydrogen (secondary N) is 1. The van der Waals surface area contributed by atoms with Gasteiger partial charge < -0.3 is 25.4 Å². The van der Waals surface area contributed by atoms with Crippen LogP contribution in [0.5, 0.6) is 0 Å². The summed E-state index contributed by atoms with van der Waals surface area (Å²) in [5, 5.41) is 7.47. The molecule has 3 fully saturated rings. The number of hydrogen-bond acceptors (Lipinski definition) is 10. The smallest absolute Gasteiger partial charge is 0.350 e. The van der Waals surface area contributed by atoms with Crippen LogP contribution in [-0.4, -0.2) is 99.1 Å². The van der Waals surface area contributed by atoms with Gasteiger partial charge in [-0.1, -0.05) is 18.5 Å². The van der Waals surface area contributed by atoms with Crippen LogP contribution in [0.15, 0.2) is 21.1 Å². The van der Waals surface area contributed by atoms with Crippen LogP contribution in [0.25, 0.3) is 32.4 Å². The highest BCUT2D eigenvalue weighted by Crippen LogP contribution is 2.50. The minimum atomic E-state index is -0.159. The van der Waals surface area contributed by atoms with Gasteiger partial charge >= 0.3 is 5.69 Å². The normalized spacial score (nSPS) is 24.8. The quantitative estimate of drug-likeness (QED) is 0.345. The van der Waals surface area contributed by atoms with Gasteiger partial charge in [0.15, 0.2) is 0 Å². The molecule has 3 atom stereocenters. The number of imidazole rings is 1. The van der Waals surface area contributed by atoms with Gasteiger partial charge in [0, 0.05) is 97.5 Å². The first-order valence-corrected chi connectivity index (χ1v) is 17.2. The van der Waals surface area contributed by atoms with Crippen LogP contribution in [0, 0.1) is 0 Å². The zero-order valence-corrected chi connectivity index (χ0v) is 26.4. The number of nitrogens with zero attached hydrogens (tertiary/aromatic N) is 7. The lowest BCUT2D eigenvalue weighted by Gasteiger charge is -2.38. The van der Waals surface area contributed by atoms with Gasteiger partial charge in [-0.25, -0.2) is 9.78 Å². The van der Waals surface area contributed by atoms with Crippen LogP contribution in [0.4, 0.5) is 11.8 Å². The summed E-state index contributed by atoms with van der Waals surface area (Å²) >= 11 is 10.6. The maximum absolute atomic E-state index is 14.1. The molecule has 3 saturated heterocycles. The second-order valence-corrected chi connectivity index (χ2v) is 14.4. The van der Waals surface area contributed by atoms with Crippen molar-refractivity contribution in [2.75, 3.05) is 68.7 Å². The van der Waals surface area contributed by atoms with Gasteiger partial charge in [0.25, 0.3) is 0 Å². The average molecular weight is 626 g/mol. The summed E-state index contributed by atoms with van der Waals surface area (Å²) in [6.45, 7) is 10.0. The summed E-state index contributed by atoms with van der Waals surface area (Å²) in [6.07, 6.45) is 2.33. The third-order valence-electron chi connectivity index (χ3n) is 9.67. The number of halogens is 1. The van der Waals surface area contributed by atoms with E-state index in [9.17, 15) is 4.79 Å². The molecule has 0 aliphatic carbocycles. The monoisotopic (exact) mass is 625 g/mol. The van der Waals surface area contributed by atoms with Crippen molar-refractivity contribution in [3.63, 3.8) is 0 Å². The van der Waals surface area contributed by atoms with Crippen LogP contribution < -0.4 is 21.6 Å². The fourth-order valence-corrected chi connectivity index (χ4v) is 10.1. The van der Waals surface area contributed by atoms with Crippen LogP contribution in [-0.2, 0) is 7.05 Å². The molecule has 8 rings (SSSR count). The van der Waals surface area contributed by atoms with E-state index in [-0.39, 0.29) is 11.7 Å². The molecule has 1 aromatic carbocycles. The Bertz CT molecular complexity index is 1750. The number of aryl methyl sites for hydroxylation is 1. The summed E-state index contributed by atoms with van der Waals surface area (Å²) in [6, 6.07) is 2.95. The maximum Gasteiger partial charge on any atom is 0.350 e. The van der Waals surface area contributed by atoms with E-state index in [1.54, 1.807) is 11.3 Å². The molecule has 13 heteroatoms. The number of nitrogens with two attached hydrogens (primary N) is 1. The van der Waals surface area contributed by atoms with Gasteiger partial charge in [-0.3, -0.25) is 9.47 Å². The van der Waals surface area contributed by atoms with E-state index in [1.165, 1.54) is 0 Å². The Labute approximate surface area is 257 Å². The molecule has 0 saturated carbocycles. The molecule has 4 aliphatic rings. The Morgan fingerprint density at radius 1 is 1.12 bits per heavy atom. The predicted molar refractivity (Wildman–Crippen MR) is 173 cm³/mol. The largest absolute Gasteiger partial charge is 0.369 e. The number of fused-ring (bicyclic) bond motifs is 3. The number of thioether (sulfide) groups is 1. The molecule has 0 spiro atoms. The molecule has 222 valence electrons. The third kappa shape index (κ3) is 4.28. The van der Waals surface area contributed by atoms with E-state index in [4.69, 9.17) is 27.3 Å². The number of piperazine rings is 2. The molecule has 3 aromatic heterocycles. The lowest BCUT2D eigenvalue weighted by Crippen LogP contribution is -2.52. The zero-order valence-electron chi connectivity index (χ0n) is 24.0. The lowest BCUT2D eigenvalue weighted by atomic mass is 10.0. The van der Waals surface area contributed by atoms with E-state index < -0.39 is 0 Å². The van der Waals surface area contributed by atoms with Gasteiger partial charge in [0.1, 0.15) is 16.2 Å². The van der Waals surface area contributed by atoms with Crippen molar-refractivity contribution in [3.05, 3.63) is 27.0 Å². The number of thiophene rings is 1. The summed E-state index contributed by atoms with van der Waals surface area (Å²) < 4.78 is 3.91. The van der Waals surface area contributed by atoms with Gasteiger partial charge in [-0.15, -0.1) is 23.1 Å². The Balaban J connectivity index is 1.30. The molecule has 2 bridgehead atoms. The highest BCUT2D eigenvalue weighted by Gasteiger charge is 2.36. The van der Waals surface area contributed by atoms with Crippen molar-refractivity contribution in [2.45, 2.75) is 42.8 Å². The van der Waals surface area contributed by atoms with Crippen molar-refractivity contribution in [1.82, 2.24) is 34.2 Å². The summed E-state index contributed by atoms with van der Waals surface area (Å²) in [4.78, 5) is 33.0. The molecule has 4 aliphatic heterocycles. The molecule has 42 heavy (non-hydrogen) atoms. The topological polar surface area (TPSA) is 100 Å². The maximum atomic E-state index is 14.1. The number of aromatic nitrogens is 4. The SMILES string of the molecule is CCN1CCN(C[C@H]2CSc3c(-c4csc5c4nc(N)n5C)c(Cl)cc4c(N5CC6CCC(C5)N6)nc(=O)n2c34)CC1. The summed E-state index contributed by atoms with van der Waals surface area (Å²) in [7, 11) is 1.94. The summed E-state index contributed by atoms with van der Waals surface area (Å²) in [5.74, 6) is 2.05. The molecule has 7 heterocycles.